The Morgan fingerprint density at radius 3 is 1.68 bits per heavy atom. The van der Waals surface area contributed by atoms with E-state index in [1.54, 1.807) is 12.2 Å². The van der Waals surface area contributed by atoms with Crippen LogP contribution in [0.2, 0.25) is 0 Å². The van der Waals surface area contributed by atoms with Crippen LogP contribution in [0, 0.1) is 6.92 Å². The molecule has 128 valence electrons. The Bertz CT molecular complexity index is 776. The third-order valence-corrected chi connectivity index (χ3v) is 3.95. The minimum atomic E-state index is -0.189. The smallest absolute Gasteiger partial charge is 0.163 e. The SMILES string of the molecule is Cc1ccc(C=CC(=O)CC(=O)C=Cc2ccc(C(C)C)cc2)cc1. The molecule has 0 aliphatic carbocycles. The number of carbonyl (C=O) groups excluding carboxylic acids is 2. The average Bonchev–Trinajstić information content (AvgIpc) is 2.60. The Morgan fingerprint density at radius 2 is 1.24 bits per heavy atom. The van der Waals surface area contributed by atoms with Crippen LogP contribution in [0.4, 0.5) is 0 Å². The summed E-state index contributed by atoms with van der Waals surface area (Å²) in [6, 6.07) is 16.0. The molecule has 0 amide bonds. The van der Waals surface area contributed by atoms with Crippen LogP contribution in [0.25, 0.3) is 12.2 Å². The van der Waals surface area contributed by atoms with Crippen LogP contribution >= 0.6 is 0 Å². The molecule has 2 aromatic rings. The standard InChI is InChI=1S/C23H24O2/c1-17(2)21-12-8-20(9-13-21)11-15-23(25)16-22(24)14-10-19-6-4-18(3)5-7-19/h4-15,17H,16H2,1-3H3. The Hall–Kier alpha value is -2.74. The first-order valence-corrected chi connectivity index (χ1v) is 8.52. The quantitative estimate of drug-likeness (QED) is 0.504. The van der Waals surface area contributed by atoms with Crippen LogP contribution in [0.3, 0.4) is 0 Å². The molecule has 0 heterocycles. The highest BCUT2D eigenvalue weighted by molar-refractivity contribution is 6.10. The van der Waals surface area contributed by atoms with Crippen molar-refractivity contribution in [2.24, 2.45) is 0 Å². The fourth-order valence-corrected chi connectivity index (χ4v) is 2.34. The van der Waals surface area contributed by atoms with E-state index in [9.17, 15) is 9.59 Å². The first kappa shape index (κ1) is 18.6. The van der Waals surface area contributed by atoms with Crippen molar-refractivity contribution in [2.45, 2.75) is 33.1 Å². The van der Waals surface area contributed by atoms with Crippen molar-refractivity contribution in [3.8, 4) is 0 Å². The van der Waals surface area contributed by atoms with E-state index in [1.807, 2.05) is 43.3 Å². The van der Waals surface area contributed by atoms with E-state index in [1.165, 1.54) is 23.3 Å². The molecule has 0 N–H and O–H groups in total. The molecule has 2 rings (SSSR count). The number of hydrogen-bond donors (Lipinski definition) is 0. The van der Waals surface area contributed by atoms with Gasteiger partial charge in [-0.25, -0.2) is 0 Å². The molecule has 2 heteroatoms. The fourth-order valence-electron chi connectivity index (χ4n) is 2.34. The van der Waals surface area contributed by atoms with Crippen LogP contribution < -0.4 is 0 Å². The molecule has 2 aromatic carbocycles. The molecule has 0 aliphatic heterocycles. The summed E-state index contributed by atoms with van der Waals surface area (Å²) in [5.74, 6) is 0.106. The van der Waals surface area contributed by atoms with E-state index in [0.717, 1.165) is 11.1 Å². The van der Waals surface area contributed by atoms with Crippen molar-refractivity contribution in [2.75, 3.05) is 0 Å². The number of ketones is 2. The van der Waals surface area contributed by atoms with Gasteiger partial charge in [0.1, 0.15) is 0 Å². The highest BCUT2D eigenvalue weighted by Crippen LogP contribution is 2.15. The predicted octanol–water partition coefficient (Wildman–Crippen LogP) is 5.37. The molecule has 0 aliphatic rings. The predicted molar refractivity (Wildman–Crippen MR) is 104 cm³/mol. The molecule has 0 unspecified atom stereocenters. The number of benzene rings is 2. The zero-order valence-electron chi connectivity index (χ0n) is 15.0. The van der Waals surface area contributed by atoms with Crippen LogP contribution in [0.5, 0.6) is 0 Å². The highest BCUT2D eigenvalue weighted by Gasteiger charge is 2.04. The summed E-state index contributed by atoms with van der Waals surface area (Å²) in [4.78, 5) is 23.8. The maximum absolute atomic E-state index is 11.9. The second kappa shape index (κ2) is 8.93. The summed E-state index contributed by atoms with van der Waals surface area (Å²) in [7, 11) is 0. The van der Waals surface area contributed by atoms with Gasteiger partial charge in [0, 0.05) is 0 Å². The topological polar surface area (TPSA) is 34.1 Å². The zero-order valence-corrected chi connectivity index (χ0v) is 15.0. The van der Waals surface area contributed by atoms with E-state index in [0.29, 0.717) is 5.92 Å². The van der Waals surface area contributed by atoms with Gasteiger partial charge in [0.15, 0.2) is 11.6 Å². The van der Waals surface area contributed by atoms with Crippen LogP contribution in [0.15, 0.2) is 60.7 Å². The maximum atomic E-state index is 11.9. The summed E-state index contributed by atoms with van der Waals surface area (Å²) in [6.45, 7) is 6.30. The van der Waals surface area contributed by atoms with Crippen molar-refractivity contribution in [1.82, 2.24) is 0 Å². The van der Waals surface area contributed by atoms with Crippen molar-refractivity contribution < 1.29 is 9.59 Å². The number of rotatable bonds is 7. The van der Waals surface area contributed by atoms with Gasteiger partial charge in [-0.05, 0) is 41.7 Å². The van der Waals surface area contributed by atoms with Crippen molar-refractivity contribution in [3.63, 3.8) is 0 Å². The zero-order chi connectivity index (χ0) is 18.2. The van der Waals surface area contributed by atoms with E-state index >= 15 is 0 Å². The molecule has 0 fully saturated rings. The van der Waals surface area contributed by atoms with Crippen LogP contribution in [0.1, 0.15) is 48.4 Å². The Balaban J connectivity index is 1.88. The Labute approximate surface area is 149 Å². The van der Waals surface area contributed by atoms with E-state index in [4.69, 9.17) is 0 Å². The molecule has 0 bridgehead atoms. The van der Waals surface area contributed by atoms with Gasteiger partial charge in [-0.1, -0.05) is 80.1 Å². The van der Waals surface area contributed by atoms with Crippen LogP contribution in [-0.4, -0.2) is 11.6 Å². The molecule has 25 heavy (non-hydrogen) atoms. The summed E-state index contributed by atoms with van der Waals surface area (Å²) in [6.07, 6.45) is 6.32. The van der Waals surface area contributed by atoms with Gasteiger partial charge < -0.3 is 0 Å². The van der Waals surface area contributed by atoms with Gasteiger partial charge in [0.05, 0.1) is 6.42 Å². The molecule has 0 spiro atoms. The Kier molecular flexibility index (Phi) is 6.64. The molecular formula is C23H24O2. The van der Waals surface area contributed by atoms with Crippen LogP contribution in [-0.2, 0) is 9.59 Å². The minimum absolute atomic E-state index is 0.108. The molecule has 0 atom stereocenters. The van der Waals surface area contributed by atoms with Crippen molar-refractivity contribution >= 4 is 23.7 Å². The minimum Gasteiger partial charge on any atom is -0.294 e. The second-order valence-electron chi connectivity index (χ2n) is 6.51. The summed E-state index contributed by atoms with van der Waals surface area (Å²) < 4.78 is 0. The molecule has 0 radical (unpaired) electrons. The van der Waals surface area contributed by atoms with Crippen molar-refractivity contribution in [3.05, 3.63) is 82.9 Å². The third-order valence-electron chi connectivity index (χ3n) is 3.95. The molecule has 0 aromatic heterocycles. The average molecular weight is 332 g/mol. The van der Waals surface area contributed by atoms with Gasteiger partial charge >= 0.3 is 0 Å². The summed E-state index contributed by atoms with van der Waals surface area (Å²) in [5, 5.41) is 0. The number of carbonyl (C=O) groups is 2. The molecule has 2 nitrogen and oxygen atoms in total. The van der Waals surface area contributed by atoms with E-state index in [2.05, 4.69) is 26.0 Å². The number of allylic oxidation sites excluding steroid dienone is 2. The summed E-state index contributed by atoms with van der Waals surface area (Å²) in [5.41, 5.74) is 4.35. The van der Waals surface area contributed by atoms with Gasteiger partial charge in [-0.15, -0.1) is 0 Å². The van der Waals surface area contributed by atoms with E-state index in [-0.39, 0.29) is 18.0 Å². The van der Waals surface area contributed by atoms with Crippen molar-refractivity contribution in [1.29, 1.82) is 0 Å². The normalized spacial score (nSPS) is 11.5. The summed E-state index contributed by atoms with van der Waals surface area (Å²) >= 11 is 0. The monoisotopic (exact) mass is 332 g/mol. The van der Waals surface area contributed by atoms with Gasteiger partial charge in [0.25, 0.3) is 0 Å². The lowest BCUT2D eigenvalue weighted by molar-refractivity contribution is -0.121. The Morgan fingerprint density at radius 1 is 0.800 bits per heavy atom. The first-order chi connectivity index (χ1) is 11.9. The molecule has 0 saturated carbocycles. The lowest BCUT2D eigenvalue weighted by Gasteiger charge is -2.04. The molecular weight excluding hydrogens is 308 g/mol. The fraction of sp³-hybridized carbons (Fsp3) is 0.217. The van der Waals surface area contributed by atoms with Gasteiger partial charge in [-0.2, -0.15) is 0 Å². The first-order valence-electron chi connectivity index (χ1n) is 8.52. The third kappa shape index (κ3) is 6.34. The molecule has 0 saturated heterocycles. The van der Waals surface area contributed by atoms with Gasteiger partial charge in [-0.3, -0.25) is 9.59 Å². The maximum Gasteiger partial charge on any atom is 0.163 e. The lowest BCUT2D eigenvalue weighted by atomic mass is 10.0. The number of hydrogen-bond acceptors (Lipinski definition) is 2. The lowest BCUT2D eigenvalue weighted by Crippen LogP contribution is -2.01. The largest absolute Gasteiger partial charge is 0.294 e. The number of aryl methyl sites for hydroxylation is 1. The van der Waals surface area contributed by atoms with E-state index < -0.39 is 0 Å². The van der Waals surface area contributed by atoms with Gasteiger partial charge in [0.2, 0.25) is 0 Å². The second-order valence-corrected chi connectivity index (χ2v) is 6.51. The highest BCUT2D eigenvalue weighted by atomic mass is 16.1.